The van der Waals surface area contributed by atoms with Gasteiger partial charge in [-0.3, -0.25) is 0 Å². The van der Waals surface area contributed by atoms with Crippen LogP contribution >= 0.6 is 23.2 Å². The fraction of sp³-hybridized carbons (Fsp3) is 0. The Morgan fingerprint density at radius 3 is 2.29 bits per heavy atom. The molecule has 0 amide bonds. The van der Waals surface area contributed by atoms with Gasteiger partial charge in [0, 0.05) is 6.08 Å². The monoisotopic (exact) mass is 234 g/mol. The van der Waals surface area contributed by atoms with Gasteiger partial charge in [-0.25, -0.2) is 9.18 Å². The third-order valence-corrected chi connectivity index (χ3v) is 1.97. The summed E-state index contributed by atoms with van der Waals surface area (Å²) in [7, 11) is 0. The lowest BCUT2D eigenvalue weighted by Gasteiger charge is -1.99. The average Bonchev–Trinajstić information content (AvgIpc) is 2.10. The van der Waals surface area contributed by atoms with E-state index in [9.17, 15) is 9.18 Å². The molecule has 0 aliphatic heterocycles. The molecular formula is C9H5Cl2FO2. The van der Waals surface area contributed by atoms with E-state index in [1.54, 1.807) is 0 Å². The lowest BCUT2D eigenvalue weighted by molar-refractivity contribution is -0.131. The Bertz CT molecular complexity index is 379. The summed E-state index contributed by atoms with van der Waals surface area (Å²) in [6.45, 7) is 0. The molecule has 0 atom stereocenters. The molecule has 0 heterocycles. The maximum absolute atomic E-state index is 12.9. The Morgan fingerprint density at radius 2 is 1.86 bits per heavy atom. The predicted molar refractivity (Wildman–Crippen MR) is 53.1 cm³/mol. The van der Waals surface area contributed by atoms with E-state index in [-0.39, 0.29) is 10.0 Å². The third kappa shape index (κ3) is 2.72. The summed E-state index contributed by atoms with van der Waals surface area (Å²) in [5.74, 6) is -1.80. The van der Waals surface area contributed by atoms with Crippen LogP contribution in [-0.2, 0) is 4.79 Å². The van der Waals surface area contributed by atoms with E-state index >= 15 is 0 Å². The van der Waals surface area contributed by atoms with Crippen LogP contribution in [0.15, 0.2) is 18.2 Å². The van der Waals surface area contributed by atoms with Crippen molar-refractivity contribution in [2.24, 2.45) is 0 Å². The molecule has 0 radical (unpaired) electrons. The topological polar surface area (TPSA) is 37.3 Å². The lowest BCUT2D eigenvalue weighted by atomic mass is 10.2. The number of aliphatic carboxylic acids is 1. The molecule has 0 aliphatic rings. The van der Waals surface area contributed by atoms with Crippen LogP contribution in [0.1, 0.15) is 5.56 Å². The van der Waals surface area contributed by atoms with Crippen LogP contribution in [-0.4, -0.2) is 11.1 Å². The van der Waals surface area contributed by atoms with Gasteiger partial charge in [0.25, 0.3) is 0 Å². The molecule has 0 fully saturated rings. The number of carbonyl (C=O) groups is 1. The van der Waals surface area contributed by atoms with Crippen molar-refractivity contribution in [1.82, 2.24) is 0 Å². The Balaban J connectivity index is 3.07. The molecule has 0 saturated heterocycles. The number of hydrogen-bond donors (Lipinski definition) is 1. The highest BCUT2D eigenvalue weighted by atomic mass is 35.5. The minimum atomic E-state index is -1.10. The molecule has 14 heavy (non-hydrogen) atoms. The molecule has 0 spiro atoms. The number of hydrogen-bond acceptors (Lipinski definition) is 1. The van der Waals surface area contributed by atoms with Crippen LogP contribution < -0.4 is 0 Å². The van der Waals surface area contributed by atoms with E-state index in [0.29, 0.717) is 5.56 Å². The SMILES string of the molecule is O=C(O)C=Cc1cc(Cl)c(F)c(Cl)c1. The first-order valence-electron chi connectivity index (χ1n) is 3.56. The second kappa shape index (κ2) is 4.44. The summed E-state index contributed by atoms with van der Waals surface area (Å²) < 4.78 is 12.9. The molecule has 1 rings (SSSR count). The summed E-state index contributed by atoms with van der Waals surface area (Å²) in [4.78, 5) is 10.2. The molecule has 5 heteroatoms. The van der Waals surface area contributed by atoms with Crippen molar-refractivity contribution in [3.63, 3.8) is 0 Å². The Kier molecular flexibility index (Phi) is 3.49. The summed E-state index contributed by atoms with van der Waals surface area (Å²) in [5.41, 5.74) is 0.434. The van der Waals surface area contributed by atoms with Crippen molar-refractivity contribution >= 4 is 35.2 Å². The van der Waals surface area contributed by atoms with Crippen molar-refractivity contribution in [2.75, 3.05) is 0 Å². The van der Waals surface area contributed by atoms with Crippen molar-refractivity contribution < 1.29 is 14.3 Å². The van der Waals surface area contributed by atoms with Gasteiger partial charge in [-0.1, -0.05) is 23.2 Å². The zero-order chi connectivity index (χ0) is 10.7. The quantitative estimate of drug-likeness (QED) is 0.631. The van der Waals surface area contributed by atoms with E-state index in [1.807, 2.05) is 0 Å². The number of rotatable bonds is 2. The van der Waals surface area contributed by atoms with Crippen molar-refractivity contribution in [3.05, 3.63) is 39.6 Å². The van der Waals surface area contributed by atoms with E-state index in [1.165, 1.54) is 18.2 Å². The first kappa shape index (κ1) is 11.0. The predicted octanol–water partition coefficient (Wildman–Crippen LogP) is 3.23. The molecule has 0 saturated carbocycles. The average molecular weight is 235 g/mol. The van der Waals surface area contributed by atoms with Crippen LogP contribution in [0.4, 0.5) is 4.39 Å². The van der Waals surface area contributed by atoms with Gasteiger partial charge in [0.15, 0.2) is 5.82 Å². The Hall–Kier alpha value is -1.06. The number of benzene rings is 1. The van der Waals surface area contributed by atoms with Gasteiger partial charge in [-0.05, 0) is 23.8 Å². The molecule has 0 bridgehead atoms. The molecule has 0 aliphatic carbocycles. The summed E-state index contributed by atoms with van der Waals surface area (Å²) in [6, 6.07) is 2.59. The van der Waals surface area contributed by atoms with Crippen LogP contribution in [0.2, 0.25) is 10.0 Å². The summed E-state index contributed by atoms with van der Waals surface area (Å²) in [5, 5.41) is 8.07. The van der Waals surface area contributed by atoms with E-state index in [4.69, 9.17) is 28.3 Å². The molecular weight excluding hydrogens is 230 g/mol. The second-order valence-electron chi connectivity index (χ2n) is 2.47. The van der Waals surface area contributed by atoms with Crippen molar-refractivity contribution in [1.29, 1.82) is 0 Å². The first-order chi connectivity index (χ1) is 6.50. The standard InChI is InChI=1S/C9H5Cl2FO2/c10-6-3-5(1-2-8(13)14)4-7(11)9(6)12/h1-4H,(H,13,14). The molecule has 0 unspecified atom stereocenters. The van der Waals surface area contributed by atoms with Gasteiger partial charge in [0.2, 0.25) is 0 Å². The highest BCUT2D eigenvalue weighted by Gasteiger charge is 2.05. The van der Waals surface area contributed by atoms with Gasteiger partial charge in [-0.15, -0.1) is 0 Å². The zero-order valence-corrected chi connectivity index (χ0v) is 8.31. The summed E-state index contributed by atoms with van der Waals surface area (Å²) >= 11 is 11.0. The Morgan fingerprint density at radius 1 is 1.36 bits per heavy atom. The highest BCUT2D eigenvalue weighted by molar-refractivity contribution is 6.35. The van der Waals surface area contributed by atoms with Gasteiger partial charge >= 0.3 is 5.97 Å². The minimum absolute atomic E-state index is 0.137. The van der Waals surface area contributed by atoms with E-state index in [0.717, 1.165) is 6.08 Å². The normalized spacial score (nSPS) is 10.8. The first-order valence-corrected chi connectivity index (χ1v) is 4.32. The maximum atomic E-state index is 12.9. The number of carboxylic acids is 1. The van der Waals surface area contributed by atoms with Crippen LogP contribution in [0.5, 0.6) is 0 Å². The number of halogens is 3. The molecule has 2 nitrogen and oxygen atoms in total. The molecule has 1 aromatic rings. The fourth-order valence-electron chi connectivity index (χ4n) is 0.839. The van der Waals surface area contributed by atoms with Crippen LogP contribution in [0.3, 0.4) is 0 Å². The van der Waals surface area contributed by atoms with Crippen LogP contribution in [0.25, 0.3) is 6.08 Å². The maximum Gasteiger partial charge on any atom is 0.328 e. The zero-order valence-electron chi connectivity index (χ0n) is 6.80. The van der Waals surface area contributed by atoms with E-state index < -0.39 is 11.8 Å². The van der Waals surface area contributed by atoms with E-state index in [2.05, 4.69) is 0 Å². The molecule has 1 aromatic carbocycles. The largest absolute Gasteiger partial charge is 0.478 e. The molecule has 0 aromatic heterocycles. The Labute approximate surface area is 89.6 Å². The lowest BCUT2D eigenvalue weighted by Crippen LogP contribution is -1.87. The van der Waals surface area contributed by atoms with Gasteiger partial charge in [0.05, 0.1) is 10.0 Å². The number of carboxylic acid groups (broad SMARTS) is 1. The molecule has 1 N–H and O–H groups in total. The van der Waals surface area contributed by atoms with Crippen molar-refractivity contribution in [2.45, 2.75) is 0 Å². The smallest absolute Gasteiger partial charge is 0.328 e. The molecule has 74 valence electrons. The highest BCUT2D eigenvalue weighted by Crippen LogP contribution is 2.25. The van der Waals surface area contributed by atoms with Gasteiger partial charge in [0.1, 0.15) is 0 Å². The second-order valence-corrected chi connectivity index (χ2v) is 3.28. The summed E-state index contributed by atoms with van der Waals surface area (Å²) in [6.07, 6.45) is 2.19. The van der Waals surface area contributed by atoms with Crippen LogP contribution in [0, 0.1) is 5.82 Å². The fourth-order valence-corrected chi connectivity index (χ4v) is 1.34. The van der Waals surface area contributed by atoms with Gasteiger partial charge < -0.3 is 5.11 Å². The van der Waals surface area contributed by atoms with Crippen molar-refractivity contribution in [3.8, 4) is 0 Å². The van der Waals surface area contributed by atoms with Gasteiger partial charge in [-0.2, -0.15) is 0 Å². The third-order valence-electron chi connectivity index (χ3n) is 1.42. The minimum Gasteiger partial charge on any atom is -0.478 e.